The van der Waals surface area contributed by atoms with Crippen LogP contribution >= 0.6 is 11.6 Å². The van der Waals surface area contributed by atoms with E-state index in [0.29, 0.717) is 5.01 Å². The number of benzene rings is 1. The van der Waals surface area contributed by atoms with Crippen molar-refractivity contribution in [2.24, 2.45) is 0 Å². The first-order chi connectivity index (χ1) is 11.3. The summed E-state index contributed by atoms with van der Waals surface area (Å²) in [6, 6.07) is 5.84. The summed E-state index contributed by atoms with van der Waals surface area (Å²) in [5.74, 6) is -0.676. The van der Waals surface area contributed by atoms with Gasteiger partial charge in [-0.25, -0.2) is 5.01 Å². The number of rotatable bonds is 5. The second-order valence-electron chi connectivity index (χ2n) is 4.41. The number of hydrogen-bond acceptors (Lipinski definition) is 4. The van der Waals surface area contributed by atoms with Gasteiger partial charge in [0.15, 0.2) is 0 Å². The van der Waals surface area contributed by atoms with Crippen LogP contribution in [0.5, 0.6) is 0 Å². The van der Waals surface area contributed by atoms with Crippen LogP contribution in [0, 0.1) is 0 Å². The molecule has 2 rings (SSSR count). The molecule has 0 fully saturated rings. The topological polar surface area (TPSA) is 74.3 Å². The van der Waals surface area contributed by atoms with Gasteiger partial charge >= 0.3 is 6.18 Å². The molecular formula is C14H10ClF3N4O2. The summed E-state index contributed by atoms with van der Waals surface area (Å²) in [6.45, 7) is 0. The highest BCUT2D eigenvalue weighted by atomic mass is 35.5. The lowest BCUT2D eigenvalue weighted by atomic mass is 10.1. The minimum atomic E-state index is -4.74. The van der Waals surface area contributed by atoms with E-state index < -0.39 is 23.3 Å². The summed E-state index contributed by atoms with van der Waals surface area (Å²) in [7, 11) is 0. The highest BCUT2D eigenvalue weighted by Gasteiger charge is 2.36. The van der Waals surface area contributed by atoms with Crippen LogP contribution in [0.4, 0.5) is 18.9 Å². The second kappa shape index (κ2) is 7.28. The van der Waals surface area contributed by atoms with Gasteiger partial charge in [0.25, 0.3) is 5.91 Å². The molecule has 0 spiro atoms. The lowest BCUT2D eigenvalue weighted by Crippen LogP contribution is -2.50. The number of aromatic nitrogens is 1. The predicted octanol–water partition coefficient (Wildman–Crippen LogP) is 2.57. The van der Waals surface area contributed by atoms with Crippen molar-refractivity contribution in [2.45, 2.75) is 6.18 Å². The van der Waals surface area contributed by atoms with Gasteiger partial charge in [-0.2, -0.15) is 13.2 Å². The second-order valence-corrected chi connectivity index (χ2v) is 4.82. The number of carbonyl (C=O) groups is 2. The normalized spacial score (nSPS) is 11.0. The summed E-state index contributed by atoms with van der Waals surface area (Å²) < 4.78 is 39.2. The van der Waals surface area contributed by atoms with Gasteiger partial charge in [0.2, 0.25) is 6.41 Å². The maximum Gasteiger partial charge on any atom is 0.418 e. The number of alkyl halides is 3. The molecule has 0 aliphatic rings. The first-order valence-corrected chi connectivity index (χ1v) is 6.78. The lowest BCUT2D eigenvalue weighted by molar-refractivity contribution is -0.137. The van der Waals surface area contributed by atoms with Crippen LogP contribution in [-0.4, -0.2) is 17.3 Å². The van der Waals surface area contributed by atoms with Gasteiger partial charge in [-0.05, 0) is 24.3 Å². The zero-order valence-corrected chi connectivity index (χ0v) is 12.6. The Labute approximate surface area is 139 Å². The molecule has 0 aliphatic heterocycles. The Morgan fingerprint density at radius 2 is 1.88 bits per heavy atom. The highest BCUT2D eigenvalue weighted by molar-refractivity contribution is 6.33. The molecule has 0 saturated heterocycles. The summed E-state index contributed by atoms with van der Waals surface area (Å²) >= 11 is 5.78. The maximum atomic E-state index is 13.1. The number of hydrazine groups is 2. The van der Waals surface area contributed by atoms with Crippen molar-refractivity contribution in [3.63, 3.8) is 0 Å². The van der Waals surface area contributed by atoms with Crippen molar-refractivity contribution in [1.82, 2.24) is 15.9 Å². The zero-order chi connectivity index (χ0) is 17.7. The molecule has 0 bridgehead atoms. The van der Waals surface area contributed by atoms with Crippen LogP contribution in [0.25, 0.3) is 0 Å². The molecule has 1 aromatic heterocycles. The zero-order valence-electron chi connectivity index (χ0n) is 11.8. The Hall–Kier alpha value is -2.65. The Balaban J connectivity index is 2.24. The summed E-state index contributed by atoms with van der Waals surface area (Å²) in [5.41, 5.74) is 2.64. The molecule has 126 valence electrons. The van der Waals surface area contributed by atoms with E-state index in [2.05, 4.69) is 15.9 Å². The summed E-state index contributed by atoms with van der Waals surface area (Å²) in [5, 5.41) is 0.118. The quantitative estimate of drug-likeness (QED) is 0.636. The third kappa shape index (κ3) is 4.00. The number of hydrogen-bond donors (Lipinski definition) is 2. The van der Waals surface area contributed by atoms with Crippen molar-refractivity contribution in [3.8, 4) is 0 Å². The molecule has 0 saturated carbocycles. The Morgan fingerprint density at radius 3 is 2.46 bits per heavy atom. The van der Waals surface area contributed by atoms with E-state index in [1.54, 1.807) is 0 Å². The molecule has 2 amide bonds. The molecule has 2 aromatic rings. The number of anilines is 1. The van der Waals surface area contributed by atoms with E-state index in [1.807, 2.05) is 0 Å². The third-order valence-corrected chi connectivity index (χ3v) is 3.18. The van der Waals surface area contributed by atoms with Gasteiger partial charge in [0.1, 0.15) is 0 Å². The maximum absolute atomic E-state index is 13.1. The third-order valence-electron chi connectivity index (χ3n) is 2.87. The van der Waals surface area contributed by atoms with Crippen LogP contribution in [0.3, 0.4) is 0 Å². The highest BCUT2D eigenvalue weighted by Crippen LogP contribution is 2.39. The lowest BCUT2D eigenvalue weighted by Gasteiger charge is -2.23. The molecule has 0 radical (unpaired) electrons. The van der Waals surface area contributed by atoms with E-state index >= 15 is 0 Å². The number of para-hydroxylation sites is 1. The average molecular weight is 359 g/mol. The van der Waals surface area contributed by atoms with Crippen molar-refractivity contribution in [2.75, 3.05) is 5.01 Å². The van der Waals surface area contributed by atoms with Gasteiger partial charge in [-0.3, -0.25) is 20.0 Å². The van der Waals surface area contributed by atoms with E-state index in [1.165, 1.54) is 30.6 Å². The van der Waals surface area contributed by atoms with E-state index in [-0.39, 0.29) is 17.0 Å². The number of carbonyl (C=O) groups excluding carboxylic acids is 2. The Morgan fingerprint density at radius 1 is 1.21 bits per heavy atom. The van der Waals surface area contributed by atoms with E-state index in [0.717, 1.165) is 12.1 Å². The fraction of sp³-hybridized carbons (Fsp3) is 0.0714. The van der Waals surface area contributed by atoms with Crippen LogP contribution in [-0.2, 0) is 11.0 Å². The Bertz CT molecular complexity index is 741. The average Bonchev–Trinajstić information content (AvgIpc) is 2.56. The number of halogens is 4. The summed E-state index contributed by atoms with van der Waals surface area (Å²) in [6.07, 6.45) is -1.95. The van der Waals surface area contributed by atoms with Crippen LogP contribution < -0.4 is 16.0 Å². The number of nitrogens with zero attached hydrogens (tertiary/aromatic N) is 2. The molecule has 0 atom stereocenters. The number of amides is 2. The van der Waals surface area contributed by atoms with Crippen LogP contribution in [0.1, 0.15) is 15.9 Å². The number of nitrogens with one attached hydrogen (secondary N) is 2. The van der Waals surface area contributed by atoms with Crippen molar-refractivity contribution in [3.05, 3.63) is 58.9 Å². The molecule has 10 heteroatoms. The van der Waals surface area contributed by atoms with E-state index in [9.17, 15) is 22.8 Å². The molecular weight excluding hydrogens is 349 g/mol. The van der Waals surface area contributed by atoms with Crippen molar-refractivity contribution in [1.29, 1.82) is 0 Å². The van der Waals surface area contributed by atoms with Crippen molar-refractivity contribution >= 4 is 29.6 Å². The smallest absolute Gasteiger partial charge is 0.277 e. The SMILES string of the molecule is O=CN(NNC(=O)c1ccncc1)c1c(Cl)cccc1C(F)(F)F. The minimum Gasteiger partial charge on any atom is -0.277 e. The molecule has 6 nitrogen and oxygen atoms in total. The van der Waals surface area contributed by atoms with Gasteiger partial charge in [-0.15, -0.1) is 5.53 Å². The standard InChI is InChI=1S/C14H10ClF3N4O2/c15-11-3-1-2-10(14(16,17)18)12(11)22(8-23)21-20-13(24)9-4-6-19-7-5-9/h1-8,21H,(H,20,24). The van der Waals surface area contributed by atoms with Gasteiger partial charge in [-0.1, -0.05) is 17.7 Å². The van der Waals surface area contributed by atoms with Crippen LogP contribution in [0.15, 0.2) is 42.7 Å². The first kappa shape index (κ1) is 17.7. The van der Waals surface area contributed by atoms with Gasteiger partial charge < -0.3 is 0 Å². The predicted molar refractivity (Wildman–Crippen MR) is 79.8 cm³/mol. The largest absolute Gasteiger partial charge is 0.418 e. The first-order valence-electron chi connectivity index (χ1n) is 6.41. The molecule has 24 heavy (non-hydrogen) atoms. The van der Waals surface area contributed by atoms with E-state index in [4.69, 9.17) is 11.6 Å². The van der Waals surface area contributed by atoms with Crippen LogP contribution in [0.2, 0.25) is 5.02 Å². The summed E-state index contributed by atoms with van der Waals surface area (Å²) in [4.78, 5) is 26.8. The molecule has 2 N–H and O–H groups in total. The number of pyridine rings is 1. The van der Waals surface area contributed by atoms with Gasteiger partial charge in [0, 0.05) is 18.0 Å². The fourth-order valence-electron chi connectivity index (χ4n) is 1.81. The molecule has 1 aromatic carbocycles. The molecule has 0 aliphatic carbocycles. The minimum absolute atomic E-state index is 0.0588. The molecule has 0 unspecified atom stereocenters. The fourth-order valence-corrected chi connectivity index (χ4v) is 2.08. The van der Waals surface area contributed by atoms with Crippen molar-refractivity contribution < 1.29 is 22.8 Å². The molecule has 1 heterocycles. The van der Waals surface area contributed by atoms with Gasteiger partial charge in [0.05, 0.1) is 16.3 Å². The Kier molecular flexibility index (Phi) is 5.37. The monoisotopic (exact) mass is 358 g/mol.